The Labute approximate surface area is 125 Å². The van der Waals surface area contributed by atoms with E-state index in [0.29, 0.717) is 15.4 Å². The summed E-state index contributed by atoms with van der Waals surface area (Å²) in [4.78, 5) is 8.01. The second kappa shape index (κ2) is 6.73. The third-order valence-electron chi connectivity index (χ3n) is 2.63. The van der Waals surface area contributed by atoms with E-state index in [0.717, 1.165) is 24.3 Å². The van der Waals surface area contributed by atoms with Crippen LogP contribution in [0.5, 0.6) is 5.75 Å². The number of anilines is 1. The van der Waals surface area contributed by atoms with Crippen molar-refractivity contribution in [2.75, 3.05) is 19.0 Å². The highest BCUT2D eigenvalue weighted by atomic mass is 79.9. The van der Waals surface area contributed by atoms with E-state index >= 15 is 0 Å². The zero-order chi connectivity index (χ0) is 13.7. The lowest BCUT2D eigenvalue weighted by molar-refractivity contribution is 0.410. The van der Waals surface area contributed by atoms with Crippen molar-refractivity contribution in [1.29, 1.82) is 0 Å². The lowest BCUT2D eigenvalue weighted by atomic mass is 10.1. The number of rotatable bonds is 5. The molecule has 4 nitrogen and oxygen atoms in total. The largest absolute Gasteiger partial charge is 0.496 e. The van der Waals surface area contributed by atoms with Crippen LogP contribution in [0.4, 0.5) is 5.82 Å². The minimum absolute atomic E-state index is 0.398. The Morgan fingerprint density at radius 2 is 2.11 bits per heavy atom. The van der Waals surface area contributed by atoms with Gasteiger partial charge in [-0.1, -0.05) is 29.8 Å². The van der Waals surface area contributed by atoms with Gasteiger partial charge >= 0.3 is 0 Å². The zero-order valence-corrected chi connectivity index (χ0v) is 12.7. The minimum atomic E-state index is 0.398. The van der Waals surface area contributed by atoms with E-state index in [2.05, 4.69) is 31.2 Å². The standard InChI is InChI=1S/C13H13BrClN3O/c1-19-10-5-3-2-4-9(10)6-7-16-13-11(14)12(15)17-8-18-13/h2-5,8H,6-7H2,1H3,(H,16,17,18). The Balaban J connectivity index is 1.98. The van der Waals surface area contributed by atoms with Crippen molar-refractivity contribution in [3.8, 4) is 5.75 Å². The number of ether oxygens (including phenoxy) is 1. The molecule has 19 heavy (non-hydrogen) atoms. The van der Waals surface area contributed by atoms with E-state index in [4.69, 9.17) is 16.3 Å². The molecule has 0 aliphatic heterocycles. The molecule has 0 fully saturated rings. The van der Waals surface area contributed by atoms with Crippen LogP contribution in [-0.4, -0.2) is 23.6 Å². The summed E-state index contributed by atoms with van der Waals surface area (Å²) >= 11 is 9.25. The second-order valence-corrected chi connectivity index (χ2v) is 4.97. The van der Waals surface area contributed by atoms with Crippen molar-refractivity contribution in [3.63, 3.8) is 0 Å². The van der Waals surface area contributed by atoms with Gasteiger partial charge in [0.2, 0.25) is 0 Å². The summed E-state index contributed by atoms with van der Waals surface area (Å²) in [5.41, 5.74) is 1.15. The number of hydrogen-bond donors (Lipinski definition) is 1. The van der Waals surface area contributed by atoms with Crippen molar-refractivity contribution in [3.05, 3.63) is 45.8 Å². The maximum Gasteiger partial charge on any atom is 0.148 e. The molecule has 0 aliphatic carbocycles. The maximum absolute atomic E-state index is 5.90. The molecule has 0 radical (unpaired) electrons. The number of methoxy groups -OCH3 is 1. The van der Waals surface area contributed by atoms with Gasteiger partial charge in [0.1, 0.15) is 23.0 Å². The molecular weight excluding hydrogens is 330 g/mol. The van der Waals surface area contributed by atoms with E-state index < -0.39 is 0 Å². The van der Waals surface area contributed by atoms with Crippen LogP contribution in [0, 0.1) is 0 Å². The lowest BCUT2D eigenvalue weighted by Crippen LogP contribution is -2.08. The van der Waals surface area contributed by atoms with Gasteiger partial charge in [-0.15, -0.1) is 0 Å². The van der Waals surface area contributed by atoms with Gasteiger partial charge in [0.25, 0.3) is 0 Å². The van der Waals surface area contributed by atoms with E-state index in [1.165, 1.54) is 6.33 Å². The Hall–Kier alpha value is -1.33. The Bertz CT molecular complexity index is 565. The van der Waals surface area contributed by atoms with Gasteiger partial charge in [-0.2, -0.15) is 0 Å². The zero-order valence-electron chi connectivity index (χ0n) is 10.4. The highest BCUT2D eigenvalue weighted by molar-refractivity contribution is 9.10. The Morgan fingerprint density at radius 3 is 2.89 bits per heavy atom. The van der Waals surface area contributed by atoms with Crippen LogP contribution in [0.3, 0.4) is 0 Å². The molecule has 0 spiro atoms. The van der Waals surface area contributed by atoms with Gasteiger partial charge < -0.3 is 10.1 Å². The minimum Gasteiger partial charge on any atom is -0.496 e. The summed E-state index contributed by atoms with van der Waals surface area (Å²) in [7, 11) is 1.67. The normalized spacial score (nSPS) is 10.3. The number of hydrogen-bond acceptors (Lipinski definition) is 4. The fourth-order valence-corrected chi connectivity index (χ4v) is 2.17. The summed E-state index contributed by atoms with van der Waals surface area (Å²) in [5.74, 6) is 1.58. The van der Waals surface area contributed by atoms with Gasteiger partial charge in [-0.25, -0.2) is 9.97 Å². The third-order valence-corrected chi connectivity index (χ3v) is 3.89. The molecule has 0 amide bonds. The van der Waals surface area contributed by atoms with Crippen molar-refractivity contribution in [2.45, 2.75) is 6.42 Å². The number of benzene rings is 1. The molecule has 0 aliphatic rings. The van der Waals surface area contributed by atoms with Crippen LogP contribution >= 0.6 is 27.5 Å². The van der Waals surface area contributed by atoms with Crippen LogP contribution < -0.4 is 10.1 Å². The fraction of sp³-hybridized carbons (Fsp3) is 0.231. The van der Waals surface area contributed by atoms with Crippen molar-refractivity contribution in [1.82, 2.24) is 9.97 Å². The smallest absolute Gasteiger partial charge is 0.148 e. The highest BCUT2D eigenvalue weighted by Crippen LogP contribution is 2.26. The van der Waals surface area contributed by atoms with Crippen LogP contribution in [0.1, 0.15) is 5.56 Å². The summed E-state index contributed by atoms with van der Waals surface area (Å²) in [6, 6.07) is 7.95. The first-order valence-corrected chi connectivity index (χ1v) is 6.91. The molecule has 1 heterocycles. The average Bonchev–Trinajstić information content (AvgIpc) is 2.44. The molecular formula is C13H13BrClN3O. The number of nitrogens with one attached hydrogen (secondary N) is 1. The molecule has 100 valence electrons. The maximum atomic E-state index is 5.90. The predicted octanol–water partition coefficient (Wildman–Crippen LogP) is 3.56. The van der Waals surface area contributed by atoms with Crippen molar-refractivity contribution in [2.24, 2.45) is 0 Å². The van der Waals surface area contributed by atoms with E-state index in [9.17, 15) is 0 Å². The van der Waals surface area contributed by atoms with E-state index in [1.807, 2.05) is 24.3 Å². The van der Waals surface area contributed by atoms with Crippen molar-refractivity contribution < 1.29 is 4.74 Å². The fourth-order valence-electron chi connectivity index (χ4n) is 1.70. The Kier molecular flexibility index (Phi) is 4.99. The molecule has 0 atom stereocenters. The number of aromatic nitrogens is 2. The van der Waals surface area contributed by atoms with E-state index in [1.54, 1.807) is 7.11 Å². The van der Waals surface area contributed by atoms with Gasteiger partial charge in [-0.05, 0) is 34.0 Å². The molecule has 0 saturated carbocycles. The molecule has 0 saturated heterocycles. The average molecular weight is 343 g/mol. The number of para-hydroxylation sites is 1. The van der Waals surface area contributed by atoms with Crippen molar-refractivity contribution >= 4 is 33.3 Å². The van der Waals surface area contributed by atoms with Crippen LogP contribution in [0.2, 0.25) is 5.15 Å². The lowest BCUT2D eigenvalue weighted by Gasteiger charge is -2.10. The highest BCUT2D eigenvalue weighted by Gasteiger charge is 2.06. The molecule has 2 rings (SSSR count). The van der Waals surface area contributed by atoms with Gasteiger partial charge in [0.05, 0.1) is 11.6 Å². The molecule has 1 aromatic carbocycles. The molecule has 1 aromatic heterocycles. The SMILES string of the molecule is COc1ccccc1CCNc1ncnc(Cl)c1Br. The third kappa shape index (κ3) is 3.58. The topological polar surface area (TPSA) is 47.0 Å². The van der Waals surface area contributed by atoms with Crippen LogP contribution in [0.25, 0.3) is 0 Å². The van der Waals surface area contributed by atoms with Gasteiger partial charge in [0, 0.05) is 6.54 Å². The second-order valence-electron chi connectivity index (χ2n) is 3.82. The number of nitrogens with zero attached hydrogens (tertiary/aromatic N) is 2. The van der Waals surface area contributed by atoms with Crippen LogP contribution in [-0.2, 0) is 6.42 Å². The monoisotopic (exact) mass is 341 g/mol. The quantitative estimate of drug-likeness (QED) is 0.844. The predicted molar refractivity (Wildman–Crippen MR) is 79.9 cm³/mol. The van der Waals surface area contributed by atoms with Gasteiger partial charge in [-0.3, -0.25) is 0 Å². The molecule has 1 N–H and O–H groups in total. The Morgan fingerprint density at radius 1 is 1.32 bits per heavy atom. The van der Waals surface area contributed by atoms with Gasteiger partial charge in [0.15, 0.2) is 0 Å². The first-order valence-electron chi connectivity index (χ1n) is 5.74. The molecule has 0 unspecified atom stereocenters. The first kappa shape index (κ1) is 14.1. The van der Waals surface area contributed by atoms with Crippen LogP contribution in [0.15, 0.2) is 35.1 Å². The summed E-state index contributed by atoms with van der Waals surface area (Å²) in [5, 5.41) is 3.61. The summed E-state index contributed by atoms with van der Waals surface area (Å²) in [6.45, 7) is 0.728. The first-order chi connectivity index (χ1) is 9.22. The molecule has 6 heteroatoms. The summed E-state index contributed by atoms with van der Waals surface area (Å²) < 4.78 is 5.98. The molecule has 0 bridgehead atoms. The summed E-state index contributed by atoms with van der Waals surface area (Å²) in [6.07, 6.45) is 2.26. The number of halogens is 2. The van der Waals surface area contributed by atoms with E-state index in [-0.39, 0.29) is 0 Å². The molecule has 2 aromatic rings.